The molecule has 0 aliphatic carbocycles. The Morgan fingerprint density at radius 1 is 0.929 bits per heavy atom. The molecule has 1 heterocycles. The van der Waals surface area contributed by atoms with Gasteiger partial charge in [0.15, 0.2) is 11.4 Å². The number of hydrogen-bond donors (Lipinski definition) is 3. The molecule has 0 aliphatic rings. The first-order valence-electron chi connectivity index (χ1n) is 12.3. The maximum atomic E-state index is 13.6. The van der Waals surface area contributed by atoms with Crippen molar-refractivity contribution in [3.8, 4) is 34.2 Å². The van der Waals surface area contributed by atoms with Crippen molar-refractivity contribution in [3.63, 3.8) is 0 Å². The second kappa shape index (κ2) is 10.7. The minimum absolute atomic E-state index is 0.0116. The molecule has 42 heavy (non-hydrogen) atoms. The highest BCUT2D eigenvalue weighted by atomic mass is 35.5. The van der Waals surface area contributed by atoms with Crippen molar-refractivity contribution in [2.45, 2.75) is 20.0 Å². The number of rotatable bonds is 5. The molecular weight excluding hydrogens is 575 g/mol. The van der Waals surface area contributed by atoms with Gasteiger partial charge in [-0.3, -0.25) is 4.57 Å². The number of carboxylic acid groups (broad SMARTS) is 1. The Kier molecular flexibility index (Phi) is 7.29. The molecule has 1 aromatic heterocycles. The van der Waals surface area contributed by atoms with Gasteiger partial charge < -0.3 is 20.1 Å². The van der Waals surface area contributed by atoms with E-state index in [4.69, 9.17) is 16.7 Å². The number of carbonyl (C=O) groups is 1. The molecule has 0 aliphatic heterocycles. The van der Waals surface area contributed by atoms with E-state index < -0.39 is 23.8 Å². The number of aromatic nitrogens is 1. The number of alkyl halides is 3. The summed E-state index contributed by atoms with van der Waals surface area (Å²) < 4.78 is 46.8. The van der Waals surface area contributed by atoms with Crippen LogP contribution < -0.4 is 4.74 Å². The number of fused-ring (bicyclic) bond motifs is 1. The summed E-state index contributed by atoms with van der Waals surface area (Å²) >= 11 is 6.29. The van der Waals surface area contributed by atoms with Crippen LogP contribution in [0.25, 0.3) is 27.7 Å². The third-order valence-corrected chi connectivity index (χ3v) is 7.14. The molecule has 0 bridgehead atoms. The van der Waals surface area contributed by atoms with Crippen LogP contribution in [0.5, 0.6) is 17.4 Å². The molecule has 214 valence electrons. The Morgan fingerprint density at radius 2 is 1.62 bits per heavy atom. The van der Waals surface area contributed by atoms with Gasteiger partial charge in [-0.2, -0.15) is 13.2 Å². The van der Waals surface area contributed by atoms with Gasteiger partial charge in [0.2, 0.25) is 5.88 Å². The van der Waals surface area contributed by atoms with Gasteiger partial charge in [-0.1, -0.05) is 35.9 Å². The van der Waals surface area contributed by atoms with Crippen LogP contribution in [0.1, 0.15) is 16.7 Å². The van der Waals surface area contributed by atoms with E-state index in [9.17, 15) is 28.2 Å². The summed E-state index contributed by atoms with van der Waals surface area (Å²) in [5.74, 6) is -0.737. The number of benzene rings is 4. The zero-order chi connectivity index (χ0) is 30.3. The lowest BCUT2D eigenvalue weighted by Gasteiger charge is -2.12. The summed E-state index contributed by atoms with van der Waals surface area (Å²) in [5, 5.41) is 40.0. The molecule has 0 fully saturated rings. The van der Waals surface area contributed by atoms with Crippen molar-refractivity contribution in [3.05, 3.63) is 94.5 Å². The van der Waals surface area contributed by atoms with Crippen LogP contribution in [0.3, 0.4) is 0 Å². The predicted octanol–water partition coefficient (Wildman–Crippen LogP) is 9.47. The number of azo groups is 1. The van der Waals surface area contributed by atoms with Crippen LogP contribution >= 0.6 is 11.6 Å². The topological polar surface area (TPSA) is 117 Å². The van der Waals surface area contributed by atoms with E-state index in [1.54, 1.807) is 50.2 Å². The number of ether oxygens (including phenoxy) is 1. The summed E-state index contributed by atoms with van der Waals surface area (Å²) in [6.07, 6.45) is -6.13. The third kappa shape index (κ3) is 5.34. The number of aromatic hydroxyl groups is 2. The largest absolute Gasteiger partial charge is 0.511 e. The smallest absolute Gasteiger partial charge is 0.505 e. The van der Waals surface area contributed by atoms with Gasteiger partial charge >= 0.3 is 12.3 Å². The fourth-order valence-corrected chi connectivity index (χ4v) is 4.73. The molecule has 0 atom stereocenters. The number of aryl methyl sites for hydroxylation is 2. The van der Waals surface area contributed by atoms with Gasteiger partial charge in [-0.25, -0.2) is 4.79 Å². The highest BCUT2D eigenvalue weighted by Gasteiger charge is 2.32. The molecule has 3 N–H and O–H groups in total. The van der Waals surface area contributed by atoms with Crippen LogP contribution in [-0.2, 0) is 6.18 Å². The van der Waals surface area contributed by atoms with Crippen molar-refractivity contribution in [2.24, 2.45) is 10.2 Å². The van der Waals surface area contributed by atoms with E-state index in [-0.39, 0.29) is 39.3 Å². The first-order chi connectivity index (χ1) is 19.8. The molecule has 5 aromatic rings. The van der Waals surface area contributed by atoms with Crippen LogP contribution in [-0.4, -0.2) is 26.0 Å². The van der Waals surface area contributed by atoms with Gasteiger partial charge in [-0.05, 0) is 79.1 Å². The van der Waals surface area contributed by atoms with Crippen molar-refractivity contribution in [2.75, 3.05) is 0 Å². The van der Waals surface area contributed by atoms with E-state index in [2.05, 4.69) is 15.0 Å². The lowest BCUT2D eigenvalue weighted by molar-refractivity contribution is -0.137. The van der Waals surface area contributed by atoms with Gasteiger partial charge in [0.05, 0.1) is 11.1 Å². The molecule has 0 amide bonds. The standard InChI is InChI=1S/C30H21ClF3N3O5/c1-15-11-19(12-16(2)25(15)31)37-24-14-18(30(32,33)34)9-10-22(24)26(28(37)39)36-35-23-8-4-7-21(27(23)38)17-5-3-6-20(13-17)42-29(40)41/h3-14,38-39H,1-2H3,(H,40,41). The number of phenolic OH excluding ortho intramolecular Hbond substituents is 1. The van der Waals surface area contributed by atoms with Crippen molar-refractivity contribution >= 4 is 40.0 Å². The van der Waals surface area contributed by atoms with Crippen LogP contribution in [0.4, 0.5) is 29.3 Å². The fraction of sp³-hybridized carbons (Fsp3) is 0.100. The first-order valence-corrected chi connectivity index (χ1v) is 12.7. The van der Waals surface area contributed by atoms with E-state index in [1.807, 2.05) is 0 Å². The summed E-state index contributed by atoms with van der Waals surface area (Å²) in [5.41, 5.74) is 1.38. The zero-order valence-corrected chi connectivity index (χ0v) is 22.7. The Labute approximate surface area is 241 Å². The molecule has 8 nitrogen and oxygen atoms in total. The van der Waals surface area contributed by atoms with Gasteiger partial charge in [-0.15, -0.1) is 10.2 Å². The predicted molar refractivity (Wildman–Crippen MR) is 151 cm³/mol. The maximum absolute atomic E-state index is 13.6. The highest BCUT2D eigenvalue weighted by molar-refractivity contribution is 6.32. The van der Waals surface area contributed by atoms with Gasteiger partial charge in [0.1, 0.15) is 11.4 Å². The number of para-hydroxylation sites is 1. The molecule has 0 spiro atoms. The minimum atomic E-state index is -4.63. The second-order valence-electron chi connectivity index (χ2n) is 9.40. The second-order valence-corrected chi connectivity index (χ2v) is 9.78. The van der Waals surface area contributed by atoms with Crippen LogP contribution in [0.15, 0.2) is 83.0 Å². The Hall–Kier alpha value is -5.03. The summed E-state index contributed by atoms with van der Waals surface area (Å²) in [7, 11) is 0. The molecule has 5 rings (SSSR count). The van der Waals surface area contributed by atoms with Crippen molar-refractivity contribution in [1.82, 2.24) is 4.57 Å². The van der Waals surface area contributed by atoms with E-state index in [0.29, 0.717) is 27.4 Å². The minimum Gasteiger partial charge on any atom is -0.505 e. The van der Waals surface area contributed by atoms with Crippen LogP contribution in [0, 0.1) is 13.8 Å². The summed E-state index contributed by atoms with van der Waals surface area (Å²) in [6.45, 7) is 3.48. The first kappa shape index (κ1) is 28.5. The Bertz CT molecular complexity index is 1880. The Morgan fingerprint density at radius 3 is 2.29 bits per heavy atom. The number of hydrogen-bond acceptors (Lipinski definition) is 6. The Balaban J connectivity index is 1.65. The van der Waals surface area contributed by atoms with E-state index in [1.165, 1.54) is 28.8 Å². The number of halogens is 4. The molecule has 0 saturated carbocycles. The summed E-state index contributed by atoms with van der Waals surface area (Å²) in [6, 6.07) is 16.9. The van der Waals surface area contributed by atoms with Crippen molar-refractivity contribution < 1.29 is 38.0 Å². The third-order valence-electron chi connectivity index (χ3n) is 6.55. The van der Waals surface area contributed by atoms with Crippen LogP contribution in [0.2, 0.25) is 5.02 Å². The molecule has 4 aromatic carbocycles. The van der Waals surface area contributed by atoms with E-state index in [0.717, 1.165) is 12.1 Å². The monoisotopic (exact) mass is 595 g/mol. The number of nitrogens with zero attached hydrogens (tertiary/aromatic N) is 3. The van der Waals surface area contributed by atoms with Gasteiger partial charge in [0, 0.05) is 21.7 Å². The quantitative estimate of drug-likeness (QED) is 0.106. The highest BCUT2D eigenvalue weighted by Crippen LogP contribution is 2.45. The van der Waals surface area contributed by atoms with Gasteiger partial charge in [0.25, 0.3) is 0 Å². The number of phenols is 1. The molecule has 12 heteroatoms. The average Bonchev–Trinajstić information content (AvgIpc) is 3.20. The molecule has 0 unspecified atom stereocenters. The lowest BCUT2D eigenvalue weighted by Crippen LogP contribution is -2.05. The average molecular weight is 596 g/mol. The molecular formula is C30H21ClF3N3O5. The molecule has 0 radical (unpaired) electrons. The maximum Gasteiger partial charge on any atom is 0.511 e. The summed E-state index contributed by atoms with van der Waals surface area (Å²) in [4.78, 5) is 10.9. The normalized spacial score (nSPS) is 11.9. The molecule has 0 saturated heterocycles. The fourth-order valence-electron chi connectivity index (χ4n) is 4.62. The van der Waals surface area contributed by atoms with E-state index >= 15 is 0 Å². The zero-order valence-electron chi connectivity index (χ0n) is 21.9. The SMILES string of the molecule is Cc1cc(-n2c(O)c(N=Nc3cccc(-c4cccc(OC(=O)O)c4)c3O)c3ccc(C(F)(F)F)cc32)cc(C)c1Cl. The lowest BCUT2D eigenvalue weighted by atomic mass is 10.0. The van der Waals surface area contributed by atoms with Crippen molar-refractivity contribution in [1.29, 1.82) is 0 Å².